The van der Waals surface area contributed by atoms with Gasteiger partial charge in [0.15, 0.2) is 0 Å². The highest BCUT2D eigenvalue weighted by Gasteiger charge is 2.14. The van der Waals surface area contributed by atoms with Gasteiger partial charge in [-0.2, -0.15) is 0 Å². The smallest absolute Gasteiger partial charge is 0.0673 e. The molecule has 1 aliphatic rings. The monoisotopic (exact) mass is 254 g/mol. The molecule has 106 valence electrons. The maximum Gasteiger partial charge on any atom is 0.0673 e. The standard InChI is InChI=1S/C15H30N2O/c1-13(2)9-16-10-14(3)11-17-7-5-15(6-8-17)12-18-4/h5,13-14,16H,6-12H2,1-4H3. The molecule has 0 aromatic rings. The van der Waals surface area contributed by atoms with Crippen molar-refractivity contribution >= 4 is 0 Å². The highest BCUT2D eigenvalue weighted by molar-refractivity contribution is 5.07. The van der Waals surface area contributed by atoms with Crippen LogP contribution in [0.5, 0.6) is 0 Å². The molecule has 0 saturated heterocycles. The maximum absolute atomic E-state index is 5.18. The first-order valence-corrected chi connectivity index (χ1v) is 7.21. The Balaban J connectivity index is 2.16. The van der Waals surface area contributed by atoms with Gasteiger partial charge in [-0.15, -0.1) is 0 Å². The molecule has 0 aromatic carbocycles. The number of nitrogens with one attached hydrogen (secondary N) is 1. The predicted octanol–water partition coefficient (Wildman–Crippen LogP) is 2.15. The molecule has 3 nitrogen and oxygen atoms in total. The minimum Gasteiger partial charge on any atom is -0.380 e. The summed E-state index contributed by atoms with van der Waals surface area (Å²) in [5, 5.41) is 3.54. The molecule has 0 radical (unpaired) electrons. The largest absolute Gasteiger partial charge is 0.380 e. The molecule has 0 bridgehead atoms. The summed E-state index contributed by atoms with van der Waals surface area (Å²) in [6, 6.07) is 0. The molecular weight excluding hydrogens is 224 g/mol. The summed E-state index contributed by atoms with van der Waals surface area (Å²) in [5.74, 6) is 1.47. The van der Waals surface area contributed by atoms with E-state index in [-0.39, 0.29) is 0 Å². The lowest BCUT2D eigenvalue weighted by Crippen LogP contribution is -2.37. The molecule has 0 spiro atoms. The zero-order valence-electron chi connectivity index (χ0n) is 12.5. The summed E-state index contributed by atoms with van der Waals surface area (Å²) in [4.78, 5) is 2.54. The van der Waals surface area contributed by atoms with Gasteiger partial charge in [0, 0.05) is 26.7 Å². The molecule has 18 heavy (non-hydrogen) atoms. The van der Waals surface area contributed by atoms with Crippen molar-refractivity contribution in [3.63, 3.8) is 0 Å². The van der Waals surface area contributed by atoms with Gasteiger partial charge in [-0.05, 0) is 36.9 Å². The third kappa shape index (κ3) is 6.53. The van der Waals surface area contributed by atoms with Crippen LogP contribution in [-0.2, 0) is 4.74 Å². The number of hydrogen-bond donors (Lipinski definition) is 1. The van der Waals surface area contributed by atoms with E-state index in [4.69, 9.17) is 4.74 Å². The summed E-state index contributed by atoms with van der Waals surface area (Å²) >= 11 is 0. The molecule has 0 fully saturated rings. The van der Waals surface area contributed by atoms with Crippen molar-refractivity contribution in [2.45, 2.75) is 27.2 Å². The zero-order valence-corrected chi connectivity index (χ0v) is 12.5. The molecule has 0 saturated carbocycles. The van der Waals surface area contributed by atoms with E-state index in [0.29, 0.717) is 0 Å². The van der Waals surface area contributed by atoms with Crippen LogP contribution in [0.3, 0.4) is 0 Å². The van der Waals surface area contributed by atoms with Gasteiger partial charge in [0.2, 0.25) is 0 Å². The zero-order chi connectivity index (χ0) is 13.4. The van der Waals surface area contributed by atoms with Crippen molar-refractivity contribution < 1.29 is 4.74 Å². The van der Waals surface area contributed by atoms with E-state index in [9.17, 15) is 0 Å². The van der Waals surface area contributed by atoms with Crippen LogP contribution >= 0.6 is 0 Å². The third-order valence-corrected chi connectivity index (χ3v) is 3.33. The fourth-order valence-corrected chi connectivity index (χ4v) is 2.36. The quantitative estimate of drug-likeness (QED) is 0.672. The van der Waals surface area contributed by atoms with Crippen LogP contribution in [0.1, 0.15) is 27.2 Å². The van der Waals surface area contributed by atoms with Crippen molar-refractivity contribution in [1.82, 2.24) is 10.2 Å². The first kappa shape index (κ1) is 15.7. The highest BCUT2D eigenvalue weighted by Crippen LogP contribution is 2.12. The second-order valence-corrected chi connectivity index (χ2v) is 5.96. The van der Waals surface area contributed by atoms with Crippen LogP contribution in [0.2, 0.25) is 0 Å². The summed E-state index contributed by atoms with van der Waals surface area (Å²) in [5.41, 5.74) is 1.46. The molecule has 0 aliphatic carbocycles. The van der Waals surface area contributed by atoms with Crippen LogP contribution in [0.15, 0.2) is 11.6 Å². The van der Waals surface area contributed by atoms with Crippen LogP contribution < -0.4 is 5.32 Å². The van der Waals surface area contributed by atoms with Crippen molar-refractivity contribution in [3.8, 4) is 0 Å². The Bertz CT molecular complexity index is 251. The van der Waals surface area contributed by atoms with Crippen molar-refractivity contribution in [1.29, 1.82) is 0 Å². The van der Waals surface area contributed by atoms with Gasteiger partial charge in [-0.1, -0.05) is 26.8 Å². The molecule has 0 amide bonds. The van der Waals surface area contributed by atoms with Crippen LogP contribution in [0, 0.1) is 11.8 Å². The Hall–Kier alpha value is -0.380. The minimum absolute atomic E-state index is 0.723. The van der Waals surface area contributed by atoms with E-state index in [0.717, 1.165) is 38.1 Å². The van der Waals surface area contributed by atoms with E-state index in [1.807, 2.05) is 0 Å². The first-order valence-electron chi connectivity index (χ1n) is 7.21. The van der Waals surface area contributed by atoms with Crippen molar-refractivity contribution in [2.24, 2.45) is 11.8 Å². The minimum atomic E-state index is 0.723. The average molecular weight is 254 g/mol. The molecule has 1 heterocycles. The lowest BCUT2D eigenvalue weighted by Gasteiger charge is -2.28. The molecule has 1 aliphatic heterocycles. The van der Waals surface area contributed by atoms with E-state index in [2.05, 4.69) is 37.1 Å². The highest BCUT2D eigenvalue weighted by atomic mass is 16.5. The average Bonchev–Trinajstić information content (AvgIpc) is 2.31. The van der Waals surface area contributed by atoms with Crippen LogP contribution in [-0.4, -0.2) is 51.3 Å². The second-order valence-electron chi connectivity index (χ2n) is 5.96. The third-order valence-electron chi connectivity index (χ3n) is 3.33. The Morgan fingerprint density at radius 1 is 1.33 bits per heavy atom. The van der Waals surface area contributed by atoms with Crippen LogP contribution in [0.25, 0.3) is 0 Å². The Kier molecular flexibility index (Phi) is 7.56. The normalized spacial score (nSPS) is 19.1. The molecular formula is C15H30N2O. The lowest BCUT2D eigenvalue weighted by atomic mass is 10.1. The van der Waals surface area contributed by atoms with Gasteiger partial charge in [-0.3, -0.25) is 4.90 Å². The number of nitrogens with zero attached hydrogens (tertiary/aromatic N) is 1. The van der Waals surface area contributed by atoms with Crippen molar-refractivity contribution in [3.05, 3.63) is 11.6 Å². The van der Waals surface area contributed by atoms with E-state index in [1.54, 1.807) is 7.11 Å². The van der Waals surface area contributed by atoms with Gasteiger partial charge in [0.1, 0.15) is 0 Å². The fourth-order valence-electron chi connectivity index (χ4n) is 2.36. The van der Waals surface area contributed by atoms with Gasteiger partial charge >= 0.3 is 0 Å². The Morgan fingerprint density at radius 3 is 2.67 bits per heavy atom. The summed E-state index contributed by atoms with van der Waals surface area (Å²) in [6.45, 7) is 13.4. The van der Waals surface area contributed by atoms with Gasteiger partial charge in [-0.25, -0.2) is 0 Å². The Labute approximate surface area is 113 Å². The maximum atomic E-state index is 5.18. The number of rotatable bonds is 8. The van der Waals surface area contributed by atoms with E-state index in [1.165, 1.54) is 25.1 Å². The second kappa shape index (κ2) is 8.68. The van der Waals surface area contributed by atoms with Crippen LogP contribution in [0.4, 0.5) is 0 Å². The summed E-state index contributed by atoms with van der Waals surface area (Å²) < 4.78 is 5.18. The number of ether oxygens (including phenoxy) is 1. The summed E-state index contributed by atoms with van der Waals surface area (Å²) in [7, 11) is 1.77. The topological polar surface area (TPSA) is 24.5 Å². The van der Waals surface area contributed by atoms with Gasteiger partial charge in [0.05, 0.1) is 6.61 Å². The molecule has 1 atom stereocenters. The first-order chi connectivity index (χ1) is 8.61. The molecule has 0 aromatic heterocycles. The van der Waals surface area contributed by atoms with Gasteiger partial charge < -0.3 is 10.1 Å². The fraction of sp³-hybridized carbons (Fsp3) is 0.867. The predicted molar refractivity (Wildman–Crippen MR) is 77.9 cm³/mol. The van der Waals surface area contributed by atoms with Crippen molar-refractivity contribution in [2.75, 3.05) is 46.4 Å². The number of methoxy groups -OCH3 is 1. The summed E-state index contributed by atoms with van der Waals surface area (Å²) in [6.07, 6.45) is 3.50. The molecule has 3 heteroatoms. The molecule has 1 unspecified atom stereocenters. The number of hydrogen-bond acceptors (Lipinski definition) is 3. The molecule has 1 N–H and O–H groups in total. The van der Waals surface area contributed by atoms with E-state index >= 15 is 0 Å². The Morgan fingerprint density at radius 2 is 2.11 bits per heavy atom. The molecule has 1 rings (SSSR count). The van der Waals surface area contributed by atoms with Gasteiger partial charge in [0.25, 0.3) is 0 Å². The SMILES string of the molecule is COCC1=CCN(CC(C)CNCC(C)C)CC1. The van der Waals surface area contributed by atoms with E-state index < -0.39 is 0 Å². The lowest BCUT2D eigenvalue weighted by molar-refractivity contribution is 0.205.